The van der Waals surface area contributed by atoms with E-state index in [2.05, 4.69) is 21.6 Å². The fourth-order valence-corrected chi connectivity index (χ4v) is 4.41. The molecule has 1 fully saturated rings. The zero-order valence-electron chi connectivity index (χ0n) is 12.5. The van der Waals surface area contributed by atoms with Crippen LogP contribution in [0.2, 0.25) is 0 Å². The molecule has 0 aromatic carbocycles. The standard InChI is InChI=1S/C14H26N4S2/c1-18(11-7-4-3-5-8-11)10-6-9-16-14-12(19-2)13(15)17-20-14/h11,16H,3-10H2,1-2H3,(H2,15,17). The lowest BCUT2D eigenvalue weighted by Crippen LogP contribution is -2.34. The van der Waals surface area contributed by atoms with Crippen LogP contribution in [0, 0.1) is 0 Å². The van der Waals surface area contributed by atoms with E-state index in [4.69, 9.17) is 5.73 Å². The number of nitrogens with zero attached hydrogens (tertiary/aromatic N) is 2. The molecule has 1 saturated carbocycles. The molecular weight excluding hydrogens is 288 g/mol. The predicted molar refractivity (Wildman–Crippen MR) is 90.9 cm³/mol. The van der Waals surface area contributed by atoms with Crippen molar-refractivity contribution in [3.8, 4) is 0 Å². The first-order valence-corrected chi connectivity index (χ1v) is 9.45. The van der Waals surface area contributed by atoms with Crippen LogP contribution in [-0.2, 0) is 0 Å². The molecule has 0 saturated heterocycles. The minimum Gasteiger partial charge on any atom is -0.382 e. The van der Waals surface area contributed by atoms with Crippen molar-refractivity contribution in [2.24, 2.45) is 0 Å². The van der Waals surface area contributed by atoms with Gasteiger partial charge in [-0.15, -0.1) is 11.8 Å². The normalized spacial score (nSPS) is 16.8. The van der Waals surface area contributed by atoms with Crippen molar-refractivity contribution in [2.45, 2.75) is 49.5 Å². The molecule has 0 spiro atoms. The van der Waals surface area contributed by atoms with Gasteiger partial charge in [-0.25, -0.2) is 0 Å². The van der Waals surface area contributed by atoms with Crippen LogP contribution in [0.5, 0.6) is 0 Å². The minimum atomic E-state index is 0.657. The molecule has 114 valence electrons. The van der Waals surface area contributed by atoms with Crippen LogP contribution in [-0.4, -0.2) is 41.7 Å². The predicted octanol–water partition coefficient (Wildman–Crippen LogP) is 3.51. The van der Waals surface area contributed by atoms with E-state index in [1.54, 1.807) is 11.8 Å². The van der Waals surface area contributed by atoms with Crippen LogP contribution in [0.1, 0.15) is 38.5 Å². The Balaban J connectivity index is 1.68. The van der Waals surface area contributed by atoms with Crippen molar-refractivity contribution in [1.29, 1.82) is 0 Å². The number of nitrogens with one attached hydrogen (secondary N) is 1. The third kappa shape index (κ3) is 4.27. The van der Waals surface area contributed by atoms with Gasteiger partial charge in [0.1, 0.15) is 5.00 Å². The second-order valence-corrected chi connectivity index (χ2v) is 7.07. The minimum absolute atomic E-state index is 0.657. The first-order valence-electron chi connectivity index (χ1n) is 7.45. The van der Waals surface area contributed by atoms with Crippen LogP contribution >= 0.6 is 23.3 Å². The molecule has 1 aromatic heterocycles. The largest absolute Gasteiger partial charge is 0.382 e. The molecule has 0 radical (unpaired) electrons. The number of hydrogen-bond acceptors (Lipinski definition) is 6. The second-order valence-electron chi connectivity index (χ2n) is 5.48. The molecule has 0 bridgehead atoms. The van der Waals surface area contributed by atoms with E-state index in [1.807, 2.05) is 6.26 Å². The smallest absolute Gasteiger partial charge is 0.153 e. The number of aromatic nitrogens is 1. The van der Waals surface area contributed by atoms with Gasteiger partial charge >= 0.3 is 0 Å². The van der Waals surface area contributed by atoms with E-state index in [1.165, 1.54) is 56.6 Å². The van der Waals surface area contributed by atoms with Crippen LogP contribution < -0.4 is 11.1 Å². The number of rotatable bonds is 7. The van der Waals surface area contributed by atoms with Crippen molar-refractivity contribution in [3.05, 3.63) is 0 Å². The molecule has 1 heterocycles. The Bertz CT molecular complexity index is 402. The van der Waals surface area contributed by atoms with E-state index < -0.39 is 0 Å². The van der Waals surface area contributed by atoms with E-state index in [0.717, 1.165) is 22.5 Å². The number of nitrogen functional groups attached to an aromatic ring is 1. The average Bonchev–Trinajstić information content (AvgIpc) is 2.84. The van der Waals surface area contributed by atoms with E-state index in [9.17, 15) is 0 Å². The number of anilines is 2. The van der Waals surface area contributed by atoms with E-state index in [-0.39, 0.29) is 0 Å². The summed E-state index contributed by atoms with van der Waals surface area (Å²) in [6.07, 6.45) is 10.2. The fraction of sp³-hybridized carbons (Fsp3) is 0.786. The lowest BCUT2D eigenvalue weighted by Gasteiger charge is -2.31. The summed E-state index contributed by atoms with van der Waals surface area (Å²) in [5.74, 6) is 0.657. The average molecular weight is 315 g/mol. The molecule has 0 atom stereocenters. The topological polar surface area (TPSA) is 54.2 Å². The van der Waals surface area contributed by atoms with Gasteiger partial charge in [-0.1, -0.05) is 19.3 Å². The Labute approximate surface area is 130 Å². The summed E-state index contributed by atoms with van der Waals surface area (Å²) in [6, 6.07) is 0.810. The zero-order valence-corrected chi connectivity index (χ0v) is 14.2. The summed E-state index contributed by atoms with van der Waals surface area (Å²) >= 11 is 3.13. The molecule has 1 aliphatic carbocycles. The lowest BCUT2D eigenvalue weighted by atomic mass is 9.94. The zero-order chi connectivity index (χ0) is 14.4. The van der Waals surface area contributed by atoms with Crippen molar-refractivity contribution in [1.82, 2.24) is 9.27 Å². The van der Waals surface area contributed by atoms with Gasteiger partial charge in [0.15, 0.2) is 5.82 Å². The highest BCUT2D eigenvalue weighted by atomic mass is 32.2. The Kier molecular flexibility index (Phi) is 6.45. The Morgan fingerprint density at radius 3 is 2.85 bits per heavy atom. The molecule has 0 aliphatic heterocycles. The summed E-state index contributed by atoms with van der Waals surface area (Å²) in [5, 5.41) is 4.59. The van der Waals surface area contributed by atoms with Gasteiger partial charge in [0.25, 0.3) is 0 Å². The monoisotopic (exact) mass is 314 g/mol. The first kappa shape index (κ1) is 15.9. The van der Waals surface area contributed by atoms with Crippen molar-refractivity contribution >= 4 is 34.1 Å². The van der Waals surface area contributed by atoms with E-state index >= 15 is 0 Å². The quantitative estimate of drug-likeness (QED) is 0.596. The van der Waals surface area contributed by atoms with Crippen LogP contribution in [0.25, 0.3) is 0 Å². The summed E-state index contributed by atoms with van der Waals surface area (Å²) in [6.45, 7) is 2.16. The Morgan fingerprint density at radius 1 is 1.40 bits per heavy atom. The number of thioether (sulfide) groups is 1. The Morgan fingerprint density at radius 2 is 2.15 bits per heavy atom. The van der Waals surface area contributed by atoms with Gasteiger partial charge in [-0.2, -0.15) is 4.37 Å². The van der Waals surface area contributed by atoms with Gasteiger partial charge in [-0.3, -0.25) is 0 Å². The maximum atomic E-state index is 5.83. The molecule has 1 aromatic rings. The lowest BCUT2D eigenvalue weighted by molar-refractivity contribution is 0.191. The number of hydrogen-bond donors (Lipinski definition) is 2. The van der Waals surface area contributed by atoms with Gasteiger partial charge in [0.05, 0.1) is 4.90 Å². The molecule has 20 heavy (non-hydrogen) atoms. The second kappa shape index (κ2) is 8.10. The molecular formula is C14H26N4S2. The molecule has 3 N–H and O–H groups in total. The van der Waals surface area contributed by atoms with Crippen LogP contribution in [0.15, 0.2) is 4.90 Å². The summed E-state index contributed by atoms with van der Waals surface area (Å²) in [5.41, 5.74) is 5.83. The molecule has 0 unspecified atom stereocenters. The van der Waals surface area contributed by atoms with Crippen LogP contribution in [0.4, 0.5) is 10.8 Å². The number of nitrogens with two attached hydrogens (primary N) is 1. The summed E-state index contributed by atoms with van der Waals surface area (Å²) in [4.78, 5) is 3.63. The third-order valence-electron chi connectivity index (χ3n) is 4.05. The Hall–Kier alpha value is -0.460. The van der Waals surface area contributed by atoms with Crippen molar-refractivity contribution in [2.75, 3.05) is 37.4 Å². The van der Waals surface area contributed by atoms with Gasteiger partial charge in [0, 0.05) is 12.6 Å². The van der Waals surface area contributed by atoms with E-state index in [0.29, 0.717) is 5.82 Å². The highest BCUT2D eigenvalue weighted by Crippen LogP contribution is 2.34. The SMILES string of the molecule is CSc1c(N)nsc1NCCCN(C)C1CCCCC1. The van der Waals surface area contributed by atoms with Crippen LogP contribution in [0.3, 0.4) is 0 Å². The van der Waals surface area contributed by atoms with Crippen molar-refractivity contribution < 1.29 is 0 Å². The van der Waals surface area contributed by atoms with Crippen molar-refractivity contribution in [3.63, 3.8) is 0 Å². The fourth-order valence-electron chi connectivity index (χ4n) is 2.84. The molecule has 1 aliphatic rings. The molecule has 0 amide bonds. The van der Waals surface area contributed by atoms with Gasteiger partial charge in [-0.05, 0) is 50.6 Å². The highest BCUT2D eigenvalue weighted by Gasteiger charge is 2.17. The van der Waals surface area contributed by atoms with Gasteiger partial charge in [0.2, 0.25) is 0 Å². The molecule has 6 heteroatoms. The highest BCUT2D eigenvalue weighted by molar-refractivity contribution is 7.99. The maximum Gasteiger partial charge on any atom is 0.153 e. The first-order chi connectivity index (χ1) is 9.72. The summed E-state index contributed by atoms with van der Waals surface area (Å²) in [7, 11) is 2.27. The third-order valence-corrected chi connectivity index (χ3v) is 5.82. The maximum absolute atomic E-state index is 5.83. The molecule has 4 nitrogen and oxygen atoms in total. The van der Waals surface area contributed by atoms with Gasteiger partial charge < -0.3 is 16.0 Å². The summed E-state index contributed by atoms with van der Waals surface area (Å²) < 4.78 is 4.20. The molecule has 2 rings (SSSR count).